The zero-order valence-corrected chi connectivity index (χ0v) is 14.1. The molecule has 2 saturated heterocycles. The Labute approximate surface area is 131 Å². The number of hydrogen-bond acceptors (Lipinski definition) is 5. The zero-order chi connectivity index (χ0) is 16.5. The number of nitrogens with zero attached hydrogens (tertiary/aromatic N) is 3. The van der Waals surface area contributed by atoms with Gasteiger partial charge in [-0.1, -0.05) is 0 Å². The van der Waals surface area contributed by atoms with Gasteiger partial charge in [-0.15, -0.1) is 0 Å². The third-order valence-corrected chi connectivity index (χ3v) is 5.40. The summed E-state index contributed by atoms with van der Waals surface area (Å²) in [4.78, 5) is 27.2. The summed E-state index contributed by atoms with van der Waals surface area (Å²) in [5.74, 6) is -0.218. The summed E-state index contributed by atoms with van der Waals surface area (Å²) in [6.45, 7) is 6.60. The van der Waals surface area contributed by atoms with E-state index in [2.05, 4.69) is 10.2 Å². The molecule has 8 nitrogen and oxygen atoms in total. The molecular formula is C13H24N4O4S. The van der Waals surface area contributed by atoms with Crippen molar-refractivity contribution in [1.29, 1.82) is 0 Å². The Hall–Kier alpha value is -1.19. The Balaban J connectivity index is 1.88. The van der Waals surface area contributed by atoms with Crippen molar-refractivity contribution in [2.75, 3.05) is 45.5 Å². The van der Waals surface area contributed by atoms with Crippen molar-refractivity contribution in [3.63, 3.8) is 0 Å². The van der Waals surface area contributed by atoms with Crippen LogP contribution in [0.1, 0.15) is 20.3 Å². The fourth-order valence-corrected chi connectivity index (χ4v) is 3.64. The van der Waals surface area contributed by atoms with Crippen molar-refractivity contribution >= 4 is 22.0 Å². The maximum atomic E-state index is 12.1. The Morgan fingerprint density at radius 1 is 1.09 bits per heavy atom. The number of urea groups is 1. The number of rotatable bonds is 4. The Bertz CT molecular complexity index is 560. The van der Waals surface area contributed by atoms with E-state index in [1.807, 2.05) is 0 Å². The van der Waals surface area contributed by atoms with Crippen LogP contribution in [0.2, 0.25) is 0 Å². The molecule has 3 amide bonds. The lowest BCUT2D eigenvalue weighted by Gasteiger charge is -2.23. The monoisotopic (exact) mass is 332 g/mol. The predicted octanol–water partition coefficient (Wildman–Crippen LogP) is -0.716. The SMILES string of the molecule is CC1(C)NC(=O)N(CCN2CCCN(S(C)(=O)=O)CC2)C1=O. The van der Waals surface area contributed by atoms with Crippen LogP contribution in [-0.4, -0.2) is 85.5 Å². The minimum Gasteiger partial charge on any atom is -0.324 e. The molecule has 2 fully saturated rings. The second-order valence-electron chi connectivity index (χ2n) is 6.37. The van der Waals surface area contributed by atoms with Crippen LogP contribution in [0.5, 0.6) is 0 Å². The van der Waals surface area contributed by atoms with Gasteiger partial charge in [-0.05, 0) is 26.8 Å². The van der Waals surface area contributed by atoms with E-state index in [-0.39, 0.29) is 11.9 Å². The van der Waals surface area contributed by atoms with Crippen LogP contribution in [0.15, 0.2) is 0 Å². The average molecular weight is 332 g/mol. The highest BCUT2D eigenvalue weighted by Gasteiger charge is 2.43. The first-order valence-electron chi connectivity index (χ1n) is 7.43. The second-order valence-corrected chi connectivity index (χ2v) is 8.35. The van der Waals surface area contributed by atoms with Gasteiger partial charge in [0, 0.05) is 32.7 Å². The van der Waals surface area contributed by atoms with E-state index in [4.69, 9.17) is 0 Å². The van der Waals surface area contributed by atoms with Crippen LogP contribution in [0.25, 0.3) is 0 Å². The summed E-state index contributed by atoms with van der Waals surface area (Å²) in [7, 11) is -3.16. The highest BCUT2D eigenvalue weighted by atomic mass is 32.2. The summed E-state index contributed by atoms with van der Waals surface area (Å²) in [5.41, 5.74) is -0.844. The van der Waals surface area contributed by atoms with Crippen LogP contribution >= 0.6 is 0 Å². The molecule has 0 unspecified atom stereocenters. The van der Waals surface area contributed by atoms with Crippen molar-refractivity contribution in [3.05, 3.63) is 0 Å². The lowest BCUT2D eigenvalue weighted by atomic mass is 10.1. The second kappa shape index (κ2) is 6.13. The van der Waals surface area contributed by atoms with E-state index in [1.165, 1.54) is 15.5 Å². The van der Waals surface area contributed by atoms with Gasteiger partial charge in [-0.25, -0.2) is 17.5 Å². The first-order valence-corrected chi connectivity index (χ1v) is 9.28. The topological polar surface area (TPSA) is 90.0 Å². The molecule has 0 saturated carbocycles. The van der Waals surface area contributed by atoms with Gasteiger partial charge >= 0.3 is 6.03 Å². The van der Waals surface area contributed by atoms with E-state index in [0.717, 1.165) is 13.0 Å². The minimum absolute atomic E-state index is 0.218. The van der Waals surface area contributed by atoms with Crippen LogP contribution in [-0.2, 0) is 14.8 Å². The van der Waals surface area contributed by atoms with Gasteiger partial charge in [0.15, 0.2) is 0 Å². The van der Waals surface area contributed by atoms with Gasteiger partial charge in [0.25, 0.3) is 5.91 Å². The van der Waals surface area contributed by atoms with E-state index < -0.39 is 15.6 Å². The van der Waals surface area contributed by atoms with Gasteiger partial charge in [0.1, 0.15) is 5.54 Å². The van der Waals surface area contributed by atoms with Crippen molar-refractivity contribution < 1.29 is 18.0 Å². The largest absolute Gasteiger partial charge is 0.325 e. The highest BCUT2D eigenvalue weighted by Crippen LogP contribution is 2.16. The molecule has 2 aliphatic heterocycles. The fraction of sp³-hybridized carbons (Fsp3) is 0.846. The van der Waals surface area contributed by atoms with E-state index in [0.29, 0.717) is 32.7 Å². The number of sulfonamides is 1. The highest BCUT2D eigenvalue weighted by molar-refractivity contribution is 7.88. The summed E-state index contributed by atoms with van der Waals surface area (Å²) in [6, 6.07) is -0.359. The molecule has 0 radical (unpaired) electrons. The quantitative estimate of drug-likeness (QED) is 0.687. The molecular weight excluding hydrogens is 308 g/mol. The smallest absolute Gasteiger partial charge is 0.324 e. The summed E-state index contributed by atoms with van der Waals surface area (Å²) in [5, 5.41) is 2.65. The lowest BCUT2D eigenvalue weighted by molar-refractivity contribution is -0.130. The number of hydrogen-bond donors (Lipinski definition) is 1. The number of amides is 3. The minimum atomic E-state index is -3.16. The van der Waals surface area contributed by atoms with Crippen molar-refractivity contribution in [1.82, 2.24) is 19.4 Å². The molecule has 0 aromatic rings. The lowest BCUT2D eigenvalue weighted by Crippen LogP contribution is -2.42. The zero-order valence-electron chi connectivity index (χ0n) is 13.3. The molecule has 0 spiro atoms. The molecule has 2 heterocycles. The van der Waals surface area contributed by atoms with Crippen molar-refractivity contribution in [2.45, 2.75) is 25.8 Å². The Kier molecular flexibility index (Phi) is 4.78. The van der Waals surface area contributed by atoms with Crippen LogP contribution in [0.3, 0.4) is 0 Å². The number of nitrogens with one attached hydrogen (secondary N) is 1. The molecule has 2 aliphatic rings. The standard InChI is InChI=1S/C13H24N4O4S/c1-13(2)11(18)17(12(19)14-13)10-8-15-5-4-6-16(9-7-15)22(3,20)21/h4-10H2,1-3H3,(H,14,19). The molecule has 2 rings (SSSR count). The van der Waals surface area contributed by atoms with Crippen molar-refractivity contribution in [2.24, 2.45) is 0 Å². The van der Waals surface area contributed by atoms with Gasteiger partial charge < -0.3 is 10.2 Å². The van der Waals surface area contributed by atoms with Gasteiger partial charge in [-0.2, -0.15) is 0 Å². The summed E-state index contributed by atoms with van der Waals surface area (Å²) >= 11 is 0. The van der Waals surface area contributed by atoms with Gasteiger partial charge in [0.2, 0.25) is 10.0 Å². The van der Waals surface area contributed by atoms with Gasteiger partial charge in [-0.3, -0.25) is 9.69 Å². The molecule has 0 aromatic heterocycles. The average Bonchev–Trinajstić information content (AvgIpc) is 2.59. The van der Waals surface area contributed by atoms with E-state index in [9.17, 15) is 18.0 Å². The Morgan fingerprint density at radius 2 is 1.77 bits per heavy atom. The molecule has 0 atom stereocenters. The molecule has 9 heteroatoms. The molecule has 1 N–H and O–H groups in total. The molecule has 0 bridgehead atoms. The summed E-state index contributed by atoms with van der Waals surface area (Å²) < 4.78 is 24.6. The summed E-state index contributed by atoms with van der Waals surface area (Å²) in [6.07, 6.45) is 1.97. The molecule has 0 aliphatic carbocycles. The molecule has 22 heavy (non-hydrogen) atoms. The number of carbonyl (C=O) groups is 2. The number of carbonyl (C=O) groups excluding carboxylic acids is 2. The van der Waals surface area contributed by atoms with Gasteiger partial charge in [0.05, 0.1) is 6.26 Å². The molecule has 0 aromatic carbocycles. The predicted molar refractivity (Wildman–Crippen MR) is 81.8 cm³/mol. The normalized spacial score (nSPS) is 24.4. The van der Waals surface area contributed by atoms with Crippen LogP contribution in [0, 0.1) is 0 Å². The van der Waals surface area contributed by atoms with Crippen molar-refractivity contribution in [3.8, 4) is 0 Å². The Morgan fingerprint density at radius 3 is 2.32 bits per heavy atom. The first-order chi connectivity index (χ1) is 10.1. The number of imide groups is 1. The maximum Gasteiger partial charge on any atom is 0.325 e. The maximum absolute atomic E-state index is 12.1. The third kappa shape index (κ3) is 3.76. The van der Waals surface area contributed by atoms with Crippen LogP contribution < -0.4 is 5.32 Å². The van der Waals surface area contributed by atoms with Crippen LogP contribution in [0.4, 0.5) is 4.79 Å². The van der Waals surface area contributed by atoms with E-state index >= 15 is 0 Å². The molecule has 126 valence electrons. The first kappa shape index (κ1) is 17.2. The third-order valence-electron chi connectivity index (χ3n) is 4.10. The fourth-order valence-electron chi connectivity index (χ4n) is 2.76. The van der Waals surface area contributed by atoms with E-state index in [1.54, 1.807) is 13.8 Å².